The van der Waals surface area contributed by atoms with Crippen LogP contribution in [0.15, 0.2) is 12.7 Å². The summed E-state index contributed by atoms with van der Waals surface area (Å²) >= 11 is 0. The Labute approximate surface area is 111 Å². The average Bonchev–Trinajstić information content (AvgIpc) is 2.47. The Morgan fingerprint density at radius 2 is 2.06 bits per heavy atom. The summed E-state index contributed by atoms with van der Waals surface area (Å²) in [6, 6.07) is 0. The van der Waals surface area contributed by atoms with Crippen molar-refractivity contribution in [3.05, 3.63) is 12.7 Å². The normalized spacial score (nSPS) is 27.3. The minimum absolute atomic E-state index is 0.0930. The lowest BCUT2D eigenvalue weighted by molar-refractivity contribution is -0.152. The van der Waals surface area contributed by atoms with E-state index in [2.05, 4.69) is 25.7 Å². The quantitative estimate of drug-likeness (QED) is 0.465. The topological polar surface area (TPSA) is 38.3 Å². The number of carbonyl (C=O) groups excluding carboxylic acids is 1. The van der Waals surface area contributed by atoms with Crippen LogP contribution in [0, 0.1) is 5.41 Å². The van der Waals surface area contributed by atoms with Crippen LogP contribution < -0.4 is 5.32 Å². The third-order valence-electron chi connectivity index (χ3n) is 3.94. The molecular weight excluding hydrogens is 226 g/mol. The molecule has 18 heavy (non-hydrogen) atoms. The van der Waals surface area contributed by atoms with Crippen molar-refractivity contribution in [1.29, 1.82) is 0 Å². The van der Waals surface area contributed by atoms with Gasteiger partial charge >= 0.3 is 5.97 Å². The molecule has 1 N–H and O–H groups in total. The second-order valence-electron chi connectivity index (χ2n) is 5.99. The van der Waals surface area contributed by atoms with Crippen LogP contribution in [0.25, 0.3) is 0 Å². The van der Waals surface area contributed by atoms with Gasteiger partial charge < -0.3 is 4.74 Å². The van der Waals surface area contributed by atoms with E-state index in [-0.39, 0.29) is 5.97 Å². The molecule has 1 unspecified atom stereocenters. The molecule has 1 rings (SSSR count). The van der Waals surface area contributed by atoms with E-state index in [4.69, 9.17) is 4.74 Å². The molecule has 1 saturated carbocycles. The van der Waals surface area contributed by atoms with Crippen LogP contribution in [0.3, 0.4) is 0 Å². The van der Waals surface area contributed by atoms with Crippen molar-refractivity contribution in [1.82, 2.24) is 5.32 Å². The molecule has 0 amide bonds. The Hall–Kier alpha value is -0.830. The van der Waals surface area contributed by atoms with Crippen LogP contribution in [0.2, 0.25) is 0 Å². The lowest BCUT2D eigenvalue weighted by Gasteiger charge is -2.31. The molecule has 0 spiro atoms. The summed E-state index contributed by atoms with van der Waals surface area (Å²) < 4.78 is 5.27. The van der Waals surface area contributed by atoms with Gasteiger partial charge in [0, 0.05) is 6.54 Å². The van der Waals surface area contributed by atoms with Crippen LogP contribution in [0.5, 0.6) is 0 Å². The van der Waals surface area contributed by atoms with E-state index in [0.29, 0.717) is 18.6 Å². The van der Waals surface area contributed by atoms with Gasteiger partial charge in [-0.1, -0.05) is 26.3 Å². The Balaban J connectivity index is 2.82. The highest BCUT2D eigenvalue weighted by molar-refractivity contribution is 5.81. The van der Waals surface area contributed by atoms with Crippen LogP contribution in [-0.2, 0) is 9.53 Å². The summed E-state index contributed by atoms with van der Waals surface area (Å²) in [7, 11) is 0. The first-order valence-electron chi connectivity index (χ1n) is 6.99. The van der Waals surface area contributed by atoms with E-state index in [1.54, 1.807) is 6.08 Å². The van der Waals surface area contributed by atoms with Gasteiger partial charge in [0.05, 0.1) is 6.61 Å². The maximum atomic E-state index is 12.3. The molecule has 1 fully saturated rings. The first-order valence-corrected chi connectivity index (χ1v) is 6.99. The monoisotopic (exact) mass is 253 g/mol. The third-order valence-corrected chi connectivity index (χ3v) is 3.94. The largest absolute Gasteiger partial charge is 0.465 e. The lowest BCUT2D eigenvalue weighted by atomic mass is 9.83. The van der Waals surface area contributed by atoms with Gasteiger partial charge in [-0.25, -0.2) is 0 Å². The van der Waals surface area contributed by atoms with Gasteiger partial charge in [-0.3, -0.25) is 10.1 Å². The average molecular weight is 253 g/mol. The maximum Gasteiger partial charge on any atom is 0.326 e. The van der Waals surface area contributed by atoms with Gasteiger partial charge in [-0.15, -0.1) is 6.58 Å². The molecule has 3 heteroatoms. The molecule has 0 saturated heterocycles. The maximum absolute atomic E-state index is 12.3. The Morgan fingerprint density at radius 3 is 2.67 bits per heavy atom. The SMILES string of the molecule is C=CCNC1(C(=O)OCC)CCCC(C)(C)CC1. The molecule has 0 radical (unpaired) electrons. The predicted molar refractivity (Wildman–Crippen MR) is 74.4 cm³/mol. The predicted octanol–water partition coefficient (Wildman–Crippen LogP) is 3.05. The zero-order valence-corrected chi connectivity index (χ0v) is 12.1. The standard InChI is InChI=1S/C15H27NO2/c1-5-12-16-15(13(17)18-6-2)9-7-8-14(3,4)10-11-15/h5,16H,1,6-12H2,2-4H3. The fourth-order valence-electron chi connectivity index (χ4n) is 2.66. The van der Waals surface area contributed by atoms with E-state index in [1.807, 2.05) is 6.92 Å². The number of esters is 1. The minimum atomic E-state index is -0.502. The van der Waals surface area contributed by atoms with Crippen molar-refractivity contribution in [2.45, 2.75) is 58.4 Å². The van der Waals surface area contributed by atoms with E-state index in [0.717, 1.165) is 25.7 Å². The molecule has 0 aromatic heterocycles. The van der Waals surface area contributed by atoms with Crippen LogP contribution >= 0.6 is 0 Å². The molecule has 0 aliphatic heterocycles. The van der Waals surface area contributed by atoms with E-state index in [1.165, 1.54) is 6.42 Å². The van der Waals surface area contributed by atoms with Crippen molar-refractivity contribution >= 4 is 5.97 Å². The summed E-state index contributed by atoms with van der Waals surface area (Å²) in [5.41, 5.74) is -0.178. The fraction of sp³-hybridized carbons (Fsp3) is 0.800. The van der Waals surface area contributed by atoms with E-state index in [9.17, 15) is 4.79 Å². The van der Waals surface area contributed by atoms with Crippen molar-refractivity contribution in [3.8, 4) is 0 Å². The molecule has 0 aromatic rings. The second kappa shape index (κ2) is 6.37. The molecule has 0 heterocycles. The van der Waals surface area contributed by atoms with E-state index >= 15 is 0 Å². The van der Waals surface area contributed by atoms with Gasteiger partial charge in [0.1, 0.15) is 5.54 Å². The van der Waals surface area contributed by atoms with Crippen LogP contribution in [0.4, 0.5) is 0 Å². The van der Waals surface area contributed by atoms with Gasteiger partial charge in [-0.05, 0) is 38.0 Å². The Bertz CT molecular complexity index is 299. The summed E-state index contributed by atoms with van der Waals surface area (Å²) in [6.45, 7) is 11.2. The lowest BCUT2D eigenvalue weighted by Crippen LogP contribution is -2.52. The first kappa shape index (κ1) is 15.2. The summed E-state index contributed by atoms with van der Waals surface area (Å²) in [4.78, 5) is 12.3. The van der Waals surface area contributed by atoms with Crippen molar-refractivity contribution in [2.24, 2.45) is 5.41 Å². The van der Waals surface area contributed by atoms with Crippen molar-refractivity contribution in [2.75, 3.05) is 13.2 Å². The molecule has 0 aromatic carbocycles. The van der Waals surface area contributed by atoms with Gasteiger partial charge in [0.2, 0.25) is 0 Å². The number of carbonyl (C=O) groups is 1. The molecule has 1 aliphatic carbocycles. The van der Waals surface area contributed by atoms with Crippen LogP contribution in [0.1, 0.15) is 52.9 Å². The van der Waals surface area contributed by atoms with Gasteiger partial charge in [0.15, 0.2) is 0 Å². The van der Waals surface area contributed by atoms with Gasteiger partial charge in [-0.2, -0.15) is 0 Å². The molecule has 3 nitrogen and oxygen atoms in total. The molecular formula is C15H27NO2. The molecule has 104 valence electrons. The fourth-order valence-corrected chi connectivity index (χ4v) is 2.66. The molecule has 1 aliphatic rings. The zero-order chi connectivity index (χ0) is 13.6. The zero-order valence-electron chi connectivity index (χ0n) is 12.1. The number of nitrogens with one attached hydrogen (secondary N) is 1. The minimum Gasteiger partial charge on any atom is -0.465 e. The highest BCUT2D eigenvalue weighted by Crippen LogP contribution is 2.38. The molecule has 1 atom stereocenters. The highest BCUT2D eigenvalue weighted by atomic mass is 16.5. The van der Waals surface area contributed by atoms with Crippen LogP contribution in [-0.4, -0.2) is 24.7 Å². The number of rotatable bonds is 5. The first-order chi connectivity index (χ1) is 8.46. The number of ether oxygens (including phenoxy) is 1. The van der Waals surface area contributed by atoms with Crippen molar-refractivity contribution in [3.63, 3.8) is 0 Å². The Morgan fingerprint density at radius 1 is 1.33 bits per heavy atom. The Kier molecular flexibility index (Phi) is 5.39. The third kappa shape index (κ3) is 3.84. The molecule has 0 bridgehead atoms. The van der Waals surface area contributed by atoms with E-state index < -0.39 is 5.54 Å². The summed E-state index contributed by atoms with van der Waals surface area (Å²) in [5, 5.41) is 3.35. The van der Waals surface area contributed by atoms with Gasteiger partial charge in [0.25, 0.3) is 0 Å². The number of hydrogen-bond donors (Lipinski definition) is 1. The smallest absolute Gasteiger partial charge is 0.326 e. The summed E-state index contributed by atoms with van der Waals surface area (Å²) in [5.74, 6) is -0.0930. The highest BCUT2D eigenvalue weighted by Gasteiger charge is 2.42. The summed E-state index contributed by atoms with van der Waals surface area (Å²) in [6.07, 6.45) is 6.81. The number of hydrogen-bond acceptors (Lipinski definition) is 3. The second-order valence-corrected chi connectivity index (χ2v) is 5.99. The van der Waals surface area contributed by atoms with Crippen molar-refractivity contribution < 1.29 is 9.53 Å².